The summed E-state index contributed by atoms with van der Waals surface area (Å²) in [5, 5.41) is 2.81. The fraction of sp³-hybridized carbons (Fsp3) is 0.417. The average molecular weight is 235 g/mol. The number of rotatable bonds is 3. The number of hydrogen-bond acceptors (Lipinski definition) is 4. The van der Waals surface area contributed by atoms with Gasteiger partial charge < -0.3 is 19.5 Å². The van der Waals surface area contributed by atoms with Gasteiger partial charge in [0.15, 0.2) is 11.5 Å². The van der Waals surface area contributed by atoms with Gasteiger partial charge in [0.05, 0.1) is 12.7 Å². The Hall–Kier alpha value is -1.75. The molecule has 2 aliphatic heterocycles. The molecule has 5 nitrogen and oxygen atoms in total. The summed E-state index contributed by atoms with van der Waals surface area (Å²) in [4.78, 5) is 11.8. The van der Waals surface area contributed by atoms with Gasteiger partial charge in [-0.2, -0.15) is 0 Å². The van der Waals surface area contributed by atoms with E-state index < -0.39 is 0 Å². The van der Waals surface area contributed by atoms with Crippen molar-refractivity contribution in [1.29, 1.82) is 0 Å². The van der Waals surface area contributed by atoms with Gasteiger partial charge in [-0.3, -0.25) is 4.79 Å². The van der Waals surface area contributed by atoms with E-state index in [4.69, 9.17) is 14.2 Å². The van der Waals surface area contributed by atoms with Crippen LogP contribution in [0, 0.1) is 0 Å². The monoisotopic (exact) mass is 235 g/mol. The van der Waals surface area contributed by atoms with Crippen molar-refractivity contribution in [3.8, 4) is 11.5 Å². The molecule has 0 spiro atoms. The molecule has 0 aromatic heterocycles. The molecule has 0 aliphatic carbocycles. The van der Waals surface area contributed by atoms with Crippen molar-refractivity contribution < 1.29 is 19.0 Å². The van der Waals surface area contributed by atoms with E-state index in [1.54, 1.807) is 18.2 Å². The first-order valence-electron chi connectivity index (χ1n) is 5.62. The number of nitrogens with one attached hydrogen (secondary N) is 1. The fourth-order valence-corrected chi connectivity index (χ4v) is 1.68. The molecule has 0 saturated carbocycles. The highest BCUT2D eigenvalue weighted by atomic mass is 16.6. The van der Waals surface area contributed by atoms with E-state index in [-0.39, 0.29) is 12.0 Å². The molecule has 1 N–H and O–H groups in total. The lowest BCUT2D eigenvalue weighted by molar-refractivity contribution is 0.0949. The van der Waals surface area contributed by atoms with Crippen LogP contribution in [0.2, 0.25) is 0 Å². The zero-order chi connectivity index (χ0) is 11.7. The van der Waals surface area contributed by atoms with Crippen LogP contribution in [0.1, 0.15) is 10.4 Å². The minimum absolute atomic E-state index is 0.113. The molecule has 2 aliphatic rings. The summed E-state index contributed by atoms with van der Waals surface area (Å²) in [6.07, 6.45) is 0.191. The van der Waals surface area contributed by atoms with Crippen LogP contribution in [0.25, 0.3) is 0 Å². The summed E-state index contributed by atoms with van der Waals surface area (Å²) in [7, 11) is 0. The van der Waals surface area contributed by atoms with E-state index in [0.717, 1.165) is 6.61 Å². The van der Waals surface area contributed by atoms with E-state index in [1.807, 2.05) is 0 Å². The Morgan fingerprint density at radius 3 is 2.82 bits per heavy atom. The van der Waals surface area contributed by atoms with Crippen molar-refractivity contribution in [1.82, 2.24) is 5.32 Å². The number of epoxide rings is 1. The van der Waals surface area contributed by atoms with Crippen LogP contribution in [0.15, 0.2) is 18.2 Å². The maximum Gasteiger partial charge on any atom is 0.251 e. The predicted molar refractivity (Wildman–Crippen MR) is 59.5 cm³/mol. The van der Waals surface area contributed by atoms with Gasteiger partial charge >= 0.3 is 0 Å². The number of benzene rings is 1. The number of fused-ring (bicyclic) bond motifs is 1. The number of carbonyl (C=O) groups is 1. The number of amides is 1. The van der Waals surface area contributed by atoms with Crippen molar-refractivity contribution >= 4 is 5.91 Å². The Balaban J connectivity index is 1.70. The van der Waals surface area contributed by atoms with E-state index in [9.17, 15) is 4.79 Å². The van der Waals surface area contributed by atoms with Crippen LogP contribution in [-0.2, 0) is 4.74 Å². The summed E-state index contributed by atoms with van der Waals surface area (Å²) in [5.74, 6) is 1.21. The summed E-state index contributed by atoms with van der Waals surface area (Å²) >= 11 is 0. The predicted octanol–water partition coefficient (Wildman–Crippen LogP) is 0.586. The van der Waals surface area contributed by atoms with Crippen molar-refractivity contribution in [2.45, 2.75) is 6.10 Å². The highest BCUT2D eigenvalue weighted by Crippen LogP contribution is 2.30. The van der Waals surface area contributed by atoms with E-state index >= 15 is 0 Å². The SMILES string of the molecule is O=C(NC[C@H]1CO1)c1ccc2c(c1)OCCO2. The van der Waals surface area contributed by atoms with Crippen LogP contribution < -0.4 is 14.8 Å². The van der Waals surface area contributed by atoms with Crippen molar-refractivity contribution in [2.24, 2.45) is 0 Å². The summed E-state index contributed by atoms with van der Waals surface area (Å²) < 4.78 is 15.8. The topological polar surface area (TPSA) is 60.1 Å². The van der Waals surface area contributed by atoms with Crippen molar-refractivity contribution in [3.05, 3.63) is 23.8 Å². The van der Waals surface area contributed by atoms with Crippen LogP contribution >= 0.6 is 0 Å². The third kappa shape index (κ3) is 2.34. The first-order valence-corrected chi connectivity index (χ1v) is 5.62. The molecule has 2 heterocycles. The van der Waals surface area contributed by atoms with Gasteiger partial charge in [-0.15, -0.1) is 0 Å². The lowest BCUT2D eigenvalue weighted by atomic mass is 10.2. The smallest absolute Gasteiger partial charge is 0.251 e. The quantitative estimate of drug-likeness (QED) is 0.779. The van der Waals surface area contributed by atoms with Crippen LogP contribution in [0.5, 0.6) is 11.5 Å². The fourth-order valence-electron chi connectivity index (χ4n) is 1.68. The minimum atomic E-state index is -0.113. The lowest BCUT2D eigenvalue weighted by Gasteiger charge is -2.18. The first-order chi connectivity index (χ1) is 8.33. The molecule has 1 fully saturated rings. The van der Waals surface area contributed by atoms with E-state index in [0.29, 0.717) is 36.8 Å². The first kappa shape index (κ1) is 10.4. The van der Waals surface area contributed by atoms with Crippen LogP contribution in [0.3, 0.4) is 0 Å². The molecule has 1 aromatic carbocycles. The maximum atomic E-state index is 11.8. The molecule has 17 heavy (non-hydrogen) atoms. The zero-order valence-electron chi connectivity index (χ0n) is 9.27. The van der Waals surface area contributed by atoms with Crippen molar-refractivity contribution in [3.63, 3.8) is 0 Å². The number of carbonyl (C=O) groups excluding carboxylic acids is 1. The third-order valence-electron chi connectivity index (χ3n) is 2.70. The molecular weight excluding hydrogens is 222 g/mol. The van der Waals surface area contributed by atoms with Crippen LogP contribution in [0.4, 0.5) is 0 Å². The normalized spacial score (nSPS) is 20.8. The molecule has 5 heteroatoms. The summed E-state index contributed by atoms with van der Waals surface area (Å²) in [5.41, 5.74) is 0.579. The van der Waals surface area contributed by atoms with Gasteiger partial charge in [-0.25, -0.2) is 0 Å². The van der Waals surface area contributed by atoms with Gasteiger partial charge in [0.1, 0.15) is 13.2 Å². The van der Waals surface area contributed by atoms with Gasteiger partial charge in [0, 0.05) is 12.1 Å². The molecule has 0 unspecified atom stereocenters. The second-order valence-corrected chi connectivity index (χ2v) is 4.02. The van der Waals surface area contributed by atoms with Gasteiger partial charge in [0.2, 0.25) is 0 Å². The maximum absolute atomic E-state index is 11.8. The number of hydrogen-bond donors (Lipinski definition) is 1. The highest BCUT2D eigenvalue weighted by molar-refractivity contribution is 5.94. The highest BCUT2D eigenvalue weighted by Gasteiger charge is 2.23. The zero-order valence-corrected chi connectivity index (χ0v) is 9.27. The third-order valence-corrected chi connectivity index (χ3v) is 2.70. The van der Waals surface area contributed by atoms with Crippen LogP contribution in [-0.4, -0.2) is 38.4 Å². The molecule has 1 aromatic rings. The van der Waals surface area contributed by atoms with E-state index in [1.165, 1.54) is 0 Å². The Labute approximate surface area is 98.7 Å². The Kier molecular flexibility index (Phi) is 2.60. The molecular formula is C12H13NO4. The Bertz CT molecular complexity index is 442. The average Bonchev–Trinajstić information content (AvgIpc) is 3.19. The van der Waals surface area contributed by atoms with Crippen molar-refractivity contribution in [2.75, 3.05) is 26.4 Å². The molecule has 1 amide bonds. The standard InChI is InChI=1S/C12H13NO4/c14-12(13-6-9-7-17-9)8-1-2-10-11(5-8)16-4-3-15-10/h1-2,5,9H,3-4,6-7H2,(H,13,14)/t9-/m0/s1. The molecule has 1 saturated heterocycles. The Morgan fingerprint density at radius 1 is 1.29 bits per heavy atom. The van der Waals surface area contributed by atoms with Gasteiger partial charge in [-0.1, -0.05) is 0 Å². The Morgan fingerprint density at radius 2 is 2.06 bits per heavy atom. The molecule has 3 rings (SSSR count). The summed E-state index contributed by atoms with van der Waals surface area (Å²) in [6, 6.07) is 5.20. The largest absolute Gasteiger partial charge is 0.486 e. The second-order valence-electron chi connectivity index (χ2n) is 4.02. The van der Waals surface area contributed by atoms with E-state index in [2.05, 4.69) is 5.32 Å². The molecule has 90 valence electrons. The summed E-state index contributed by atoms with van der Waals surface area (Å²) in [6.45, 7) is 2.38. The molecule has 0 radical (unpaired) electrons. The molecule has 0 bridgehead atoms. The minimum Gasteiger partial charge on any atom is -0.486 e. The second kappa shape index (κ2) is 4.25. The lowest BCUT2D eigenvalue weighted by Crippen LogP contribution is -2.27. The van der Waals surface area contributed by atoms with Gasteiger partial charge in [-0.05, 0) is 18.2 Å². The van der Waals surface area contributed by atoms with Gasteiger partial charge in [0.25, 0.3) is 5.91 Å². The number of ether oxygens (including phenoxy) is 3. The molecule has 1 atom stereocenters.